The van der Waals surface area contributed by atoms with Crippen LogP contribution in [0.2, 0.25) is 0 Å². The Kier molecular flexibility index (Phi) is 3.89. The quantitative estimate of drug-likeness (QED) is 0.922. The van der Waals surface area contributed by atoms with Gasteiger partial charge < -0.3 is 10.2 Å². The van der Waals surface area contributed by atoms with Crippen molar-refractivity contribution in [2.24, 2.45) is 0 Å². The summed E-state index contributed by atoms with van der Waals surface area (Å²) in [4.78, 5) is 14.2. The second-order valence-electron chi connectivity index (χ2n) is 5.81. The second kappa shape index (κ2) is 5.67. The lowest BCUT2D eigenvalue weighted by Crippen LogP contribution is -2.46. The zero-order valence-corrected chi connectivity index (χ0v) is 12.7. The molecule has 0 radical (unpaired) electrons. The number of likely N-dealkylation sites (tertiary alicyclic amines) is 1. The fourth-order valence-corrected chi connectivity index (χ4v) is 4.36. The molecule has 3 rings (SSSR count). The van der Waals surface area contributed by atoms with Crippen LogP contribution >= 0.6 is 0 Å². The predicted molar refractivity (Wildman–Crippen MR) is 79.8 cm³/mol. The molecule has 5 nitrogen and oxygen atoms in total. The van der Waals surface area contributed by atoms with Crippen molar-refractivity contribution in [1.82, 2.24) is 10.2 Å². The Labute approximate surface area is 125 Å². The van der Waals surface area contributed by atoms with Gasteiger partial charge in [-0.15, -0.1) is 0 Å². The SMILES string of the molecule is O=C(NC1CC1)N1CCCC1CS(=O)(=O)c1ccccc1. The lowest BCUT2D eigenvalue weighted by atomic mass is 10.2. The monoisotopic (exact) mass is 308 g/mol. The summed E-state index contributed by atoms with van der Waals surface area (Å²) in [5, 5.41) is 2.94. The summed E-state index contributed by atoms with van der Waals surface area (Å²) in [5.74, 6) is 0.00903. The molecule has 1 N–H and O–H groups in total. The molecule has 2 aliphatic rings. The molecular weight excluding hydrogens is 288 g/mol. The number of sulfone groups is 1. The van der Waals surface area contributed by atoms with E-state index in [0.717, 1.165) is 25.7 Å². The molecule has 1 aliphatic carbocycles. The second-order valence-corrected chi connectivity index (χ2v) is 7.84. The number of nitrogens with zero attached hydrogens (tertiary/aromatic N) is 1. The van der Waals surface area contributed by atoms with Gasteiger partial charge in [0.2, 0.25) is 0 Å². The average Bonchev–Trinajstić information content (AvgIpc) is 3.16. The molecule has 1 saturated heterocycles. The Morgan fingerprint density at radius 2 is 1.90 bits per heavy atom. The van der Waals surface area contributed by atoms with Gasteiger partial charge in [-0.05, 0) is 37.8 Å². The van der Waals surface area contributed by atoms with Gasteiger partial charge in [0.1, 0.15) is 0 Å². The zero-order chi connectivity index (χ0) is 14.9. The summed E-state index contributed by atoms with van der Waals surface area (Å²) in [6.45, 7) is 0.646. The Balaban J connectivity index is 1.69. The number of nitrogens with one attached hydrogen (secondary N) is 1. The van der Waals surface area contributed by atoms with Gasteiger partial charge in [-0.2, -0.15) is 0 Å². The molecule has 1 saturated carbocycles. The molecule has 1 heterocycles. The molecule has 0 aromatic heterocycles. The van der Waals surface area contributed by atoms with Crippen molar-refractivity contribution in [2.75, 3.05) is 12.3 Å². The fraction of sp³-hybridized carbons (Fsp3) is 0.533. The van der Waals surface area contributed by atoms with Crippen molar-refractivity contribution in [3.63, 3.8) is 0 Å². The van der Waals surface area contributed by atoms with Crippen LogP contribution in [0.5, 0.6) is 0 Å². The van der Waals surface area contributed by atoms with Gasteiger partial charge in [0.05, 0.1) is 10.6 Å². The van der Waals surface area contributed by atoms with Crippen molar-refractivity contribution < 1.29 is 13.2 Å². The first-order valence-corrected chi connectivity index (χ1v) is 9.06. The first-order chi connectivity index (χ1) is 10.1. The summed E-state index contributed by atoms with van der Waals surface area (Å²) < 4.78 is 24.9. The minimum Gasteiger partial charge on any atom is -0.335 e. The van der Waals surface area contributed by atoms with Gasteiger partial charge in [0, 0.05) is 18.6 Å². The van der Waals surface area contributed by atoms with Crippen LogP contribution < -0.4 is 5.32 Å². The van der Waals surface area contributed by atoms with E-state index >= 15 is 0 Å². The van der Waals surface area contributed by atoms with Crippen LogP contribution in [0.3, 0.4) is 0 Å². The molecule has 21 heavy (non-hydrogen) atoms. The van der Waals surface area contributed by atoms with Crippen molar-refractivity contribution in [2.45, 2.75) is 42.7 Å². The van der Waals surface area contributed by atoms with E-state index in [4.69, 9.17) is 0 Å². The summed E-state index contributed by atoms with van der Waals surface area (Å²) in [6.07, 6.45) is 3.69. The Morgan fingerprint density at radius 3 is 2.57 bits per heavy atom. The summed E-state index contributed by atoms with van der Waals surface area (Å²) in [7, 11) is -3.34. The predicted octanol–water partition coefficient (Wildman–Crippen LogP) is 1.80. The van der Waals surface area contributed by atoms with Crippen LogP contribution in [-0.4, -0.2) is 43.7 Å². The molecule has 1 aliphatic heterocycles. The van der Waals surface area contributed by atoms with Crippen LogP contribution in [-0.2, 0) is 9.84 Å². The smallest absolute Gasteiger partial charge is 0.317 e. The van der Waals surface area contributed by atoms with Gasteiger partial charge in [-0.25, -0.2) is 13.2 Å². The van der Waals surface area contributed by atoms with E-state index in [0.29, 0.717) is 17.5 Å². The molecule has 1 atom stereocenters. The van der Waals surface area contributed by atoms with Crippen molar-refractivity contribution in [3.05, 3.63) is 30.3 Å². The molecule has 6 heteroatoms. The van der Waals surface area contributed by atoms with Crippen LogP contribution in [0.4, 0.5) is 4.79 Å². The van der Waals surface area contributed by atoms with Crippen molar-refractivity contribution in [3.8, 4) is 0 Å². The highest BCUT2D eigenvalue weighted by Gasteiger charge is 2.35. The fourth-order valence-electron chi connectivity index (χ4n) is 2.74. The van der Waals surface area contributed by atoms with Crippen LogP contribution in [0.15, 0.2) is 35.2 Å². The Bertz CT molecular complexity index is 611. The van der Waals surface area contributed by atoms with Gasteiger partial charge >= 0.3 is 6.03 Å². The van der Waals surface area contributed by atoms with E-state index in [1.54, 1.807) is 35.2 Å². The van der Waals surface area contributed by atoms with Gasteiger partial charge in [-0.3, -0.25) is 0 Å². The molecule has 0 spiro atoms. The van der Waals surface area contributed by atoms with Crippen LogP contribution in [0.1, 0.15) is 25.7 Å². The number of hydrogen-bond donors (Lipinski definition) is 1. The largest absolute Gasteiger partial charge is 0.335 e. The highest BCUT2D eigenvalue weighted by atomic mass is 32.2. The van der Waals surface area contributed by atoms with E-state index in [-0.39, 0.29) is 17.8 Å². The maximum absolute atomic E-state index is 12.4. The molecule has 2 amide bonds. The van der Waals surface area contributed by atoms with Gasteiger partial charge in [0.25, 0.3) is 0 Å². The lowest BCUT2D eigenvalue weighted by Gasteiger charge is -2.25. The number of carbonyl (C=O) groups excluding carboxylic acids is 1. The van der Waals surface area contributed by atoms with E-state index in [1.165, 1.54) is 0 Å². The van der Waals surface area contributed by atoms with Crippen molar-refractivity contribution >= 4 is 15.9 Å². The number of urea groups is 1. The van der Waals surface area contributed by atoms with E-state index < -0.39 is 9.84 Å². The van der Waals surface area contributed by atoms with E-state index in [1.807, 2.05) is 0 Å². The normalized spacial score (nSPS) is 22.3. The lowest BCUT2D eigenvalue weighted by molar-refractivity contribution is 0.196. The van der Waals surface area contributed by atoms with Crippen LogP contribution in [0.25, 0.3) is 0 Å². The number of rotatable bonds is 4. The maximum atomic E-state index is 12.4. The standard InChI is InChI=1S/C15H20N2O3S/c18-15(16-12-8-9-12)17-10-4-5-13(17)11-21(19,20)14-6-2-1-3-7-14/h1-3,6-7,12-13H,4-5,8-11H2,(H,16,18). The summed E-state index contributed by atoms with van der Waals surface area (Å²) in [6, 6.07) is 8.43. The Morgan fingerprint density at radius 1 is 1.19 bits per heavy atom. The van der Waals surface area contributed by atoms with E-state index in [9.17, 15) is 13.2 Å². The number of carbonyl (C=O) groups is 1. The van der Waals surface area contributed by atoms with Crippen molar-refractivity contribution in [1.29, 1.82) is 0 Å². The van der Waals surface area contributed by atoms with Crippen LogP contribution in [0, 0.1) is 0 Å². The first kappa shape index (κ1) is 14.4. The molecule has 114 valence electrons. The molecule has 0 bridgehead atoms. The number of hydrogen-bond acceptors (Lipinski definition) is 3. The Hall–Kier alpha value is -1.56. The summed E-state index contributed by atoms with van der Waals surface area (Å²) >= 11 is 0. The van der Waals surface area contributed by atoms with Gasteiger partial charge in [0.15, 0.2) is 9.84 Å². The molecule has 2 fully saturated rings. The average molecular weight is 308 g/mol. The highest BCUT2D eigenvalue weighted by molar-refractivity contribution is 7.91. The number of amides is 2. The third kappa shape index (κ3) is 3.37. The first-order valence-electron chi connectivity index (χ1n) is 7.41. The minimum absolute atomic E-state index is 0.00903. The highest BCUT2D eigenvalue weighted by Crippen LogP contribution is 2.24. The summed E-state index contributed by atoms with van der Waals surface area (Å²) in [5.41, 5.74) is 0. The molecule has 1 aromatic carbocycles. The third-order valence-corrected chi connectivity index (χ3v) is 5.87. The van der Waals surface area contributed by atoms with E-state index in [2.05, 4.69) is 5.32 Å². The zero-order valence-electron chi connectivity index (χ0n) is 11.9. The number of benzene rings is 1. The minimum atomic E-state index is -3.34. The molecule has 1 aromatic rings. The maximum Gasteiger partial charge on any atom is 0.317 e. The third-order valence-electron chi connectivity index (χ3n) is 4.06. The van der Waals surface area contributed by atoms with Gasteiger partial charge in [-0.1, -0.05) is 18.2 Å². The topological polar surface area (TPSA) is 66.5 Å². The molecule has 1 unspecified atom stereocenters. The molecular formula is C15H20N2O3S.